The summed E-state index contributed by atoms with van der Waals surface area (Å²) < 4.78 is 19.0. The first-order valence-electron chi connectivity index (χ1n) is 6.11. The van der Waals surface area contributed by atoms with Crippen molar-refractivity contribution in [3.05, 3.63) is 35.8 Å². The molecule has 2 rings (SSSR count). The van der Waals surface area contributed by atoms with Gasteiger partial charge in [0.2, 0.25) is 0 Å². The van der Waals surface area contributed by atoms with Crippen molar-refractivity contribution in [3.63, 3.8) is 0 Å². The van der Waals surface area contributed by atoms with E-state index >= 15 is 0 Å². The van der Waals surface area contributed by atoms with Crippen molar-refractivity contribution in [2.45, 2.75) is 26.3 Å². The highest BCUT2D eigenvalue weighted by atomic mass is 19.1. The van der Waals surface area contributed by atoms with Crippen molar-refractivity contribution in [1.29, 1.82) is 0 Å². The van der Waals surface area contributed by atoms with Crippen LogP contribution in [0.1, 0.15) is 30.6 Å². The number of fused-ring (bicyclic) bond motifs is 1. The monoisotopic (exact) mass is 249 g/mol. The number of hydrogen-bond acceptors (Lipinski definition) is 3. The van der Waals surface area contributed by atoms with Crippen molar-refractivity contribution in [2.24, 2.45) is 0 Å². The molecule has 0 spiro atoms. The van der Waals surface area contributed by atoms with Gasteiger partial charge in [-0.15, -0.1) is 0 Å². The molecule has 0 aliphatic rings. The standard InChI is InChI=1S/C14H16FNO2/c1-3-12(16-4-2)14(17)10-7-9-5-6-18-13(9)8-11(10)15/h5-8,12,16H,3-4H2,1-2H3. The number of furan rings is 1. The van der Waals surface area contributed by atoms with Crippen LogP contribution in [0.15, 0.2) is 28.9 Å². The minimum atomic E-state index is -0.529. The lowest BCUT2D eigenvalue weighted by Crippen LogP contribution is -2.36. The Morgan fingerprint density at radius 3 is 2.89 bits per heavy atom. The predicted molar refractivity (Wildman–Crippen MR) is 68.3 cm³/mol. The van der Waals surface area contributed by atoms with Crippen LogP contribution in [-0.2, 0) is 0 Å². The van der Waals surface area contributed by atoms with E-state index in [0.29, 0.717) is 18.5 Å². The van der Waals surface area contributed by atoms with Crippen molar-refractivity contribution in [3.8, 4) is 0 Å². The summed E-state index contributed by atoms with van der Waals surface area (Å²) in [6.07, 6.45) is 2.12. The summed E-state index contributed by atoms with van der Waals surface area (Å²) >= 11 is 0. The van der Waals surface area contributed by atoms with Crippen LogP contribution in [0.5, 0.6) is 0 Å². The van der Waals surface area contributed by atoms with Crippen molar-refractivity contribution in [2.75, 3.05) is 6.54 Å². The molecule has 96 valence electrons. The Balaban J connectivity index is 2.39. The minimum Gasteiger partial charge on any atom is -0.464 e. The third-order valence-corrected chi connectivity index (χ3v) is 2.98. The van der Waals surface area contributed by atoms with Crippen LogP contribution in [0.2, 0.25) is 0 Å². The first-order valence-corrected chi connectivity index (χ1v) is 6.11. The zero-order chi connectivity index (χ0) is 13.1. The number of carbonyl (C=O) groups excluding carboxylic acids is 1. The molecule has 0 fully saturated rings. The van der Waals surface area contributed by atoms with E-state index in [1.54, 1.807) is 12.1 Å². The lowest BCUT2D eigenvalue weighted by atomic mass is 10.0. The second-order valence-electron chi connectivity index (χ2n) is 4.17. The maximum Gasteiger partial charge on any atom is 0.182 e. The average molecular weight is 249 g/mol. The lowest BCUT2D eigenvalue weighted by Gasteiger charge is -2.14. The molecule has 0 saturated heterocycles. The molecule has 4 heteroatoms. The van der Waals surface area contributed by atoms with Gasteiger partial charge in [-0.2, -0.15) is 0 Å². The molecule has 0 amide bonds. The van der Waals surface area contributed by atoms with Gasteiger partial charge in [0, 0.05) is 11.5 Å². The van der Waals surface area contributed by atoms with Crippen LogP contribution in [0.4, 0.5) is 4.39 Å². The summed E-state index contributed by atoms with van der Waals surface area (Å²) in [6.45, 7) is 4.50. The van der Waals surface area contributed by atoms with Gasteiger partial charge in [-0.25, -0.2) is 4.39 Å². The van der Waals surface area contributed by atoms with E-state index in [1.165, 1.54) is 12.3 Å². The molecule has 0 saturated carbocycles. The highest BCUT2D eigenvalue weighted by Crippen LogP contribution is 2.21. The second kappa shape index (κ2) is 5.31. The van der Waals surface area contributed by atoms with Gasteiger partial charge in [0.1, 0.15) is 11.4 Å². The summed E-state index contributed by atoms with van der Waals surface area (Å²) in [4.78, 5) is 12.2. The number of nitrogens with one attached hydrogen (secondary N) is 1. The van der Waals surface area contributed by atoms with Gasteiger partial charge in [0.15, 0.2) is 5.78 Å². The van der Waals surface area contributed by atoms with Crippen LogP contribution < -0.4 is 5.32 Å². The van der Waals surface area contributed by atoms with E-state index in [9.17, 15) is 9.18 Å². The number of ketones is 1. The number of Topliss-reactive ketones (excluding diaryl/α,β-unsaturated/α-hetero) is 1. The Labute approximate surface area is 105 Å². The van der Waals surface area contributed by atoms with Gasteiger partial charge < -0.3 is 9.73 Å². The maximum absolute atomic E-state index is 13.9. The van der Waals surface area contributed by atoms with Crippen LogP contribution >= 0.6 is 0 Å². The van der Waals surface area contributed by atoms with E-state index in [-0.39, 0.29) is 17.4 Å². The summed E-state index contributed by atoms with van der Waals surface area (Å²) in [5, 5.41) is 3.80. The molecule has 3 nitrogen and oxygen atoms in total. The van der Waals surface area contributed by atoms with Gasteiger partial charge in [0.05, 0.1) is 17.9 Å². The number of halogens is 1. The number of hydrogen-bond donors (Lipinski definition) is 1. The molecule has 0 bridgehead atoms. The molecule has 0 radical (unpaired) electrons. The molecule has 0 aliphatic heterocycles. The van der Waals surface area contributed by atoms with Crippen LogP contribution in [0, 0.1) is 5.82 Å². The van der Waals surface area contributed by atoms with E-state index in [4.69, 9.17) is 4.42 Å². The Morgan fingerprint density at radius 1 is 1.44 bits per heavy atom. The first kappa shape index (κ1) is 12.8. The van der Waals surface area contributed by atoms with Crippen LogP contribution in [0.25, 0.3) is 11.0 Å². The highest BCUT2D eigenvalue weighted by Gasteiger charge is 2.21. The van der Waals surface area contributed by atoms with E-state index < -0.39 is 5.82 Å². The summed E-state index contributed by atoms with van der Waals surface area (Å²) in [5.41, 5.74) is 0.581. The molecule has 0 aliphatic carbocycles. The molecule has 1 aromatic heterocycles. The molecule has 1 aromatic carbocycles. The lowest BCUT2D eigenvalue weighted by molar-refractivity contribution is 0.0937. The Hall–Kier alpha value is -1.68. The molecule has 1 N–H and O–H groups in total. The van der Waals surface area contributed by atoms with Gasteiger partial charge in [-0.1, -0.05) is 13.8 Å². The van der Waals surface area contributed by atoms with Crippen molar-refractivity contribution >= 4 is 16.8 Å². The van der Waals surface area contributed by atoms with E-state index in [1.807, 2.05) is 13.8 Å². The third kappa shape index (κ3) is 2.29. The third-order valence-electron chi connectivity index (χ3n) is 2.98. The number of rotatable bonds is 5. The zero-order valence-electron chi connectivity index (χ0n) is 10.5. The van der Waals surface area contributed by atoms with Crippen LogP contribution in [-0.4, -0.2) is 18.4 Å². The Morgan fingerprint density at radius 2 is 2.22 bits per heavy atom. The van der Waals surface area contributed by atoms with Gasteiger partial charge in [-0.3, -0.25) is 4.79 Å². The molecular formula is C14H16FNO2. The SMILES string of the molecule is CCNC(CC)C(=O)c1cc2ccoc2cc1F. The normalized spacial score (nSPS) is 12.8. The topological polar surface area (TPSA) is 42.2 Å². The van der Waals surface area contributed by atoms with Gasteiger partial charge >= 0.3 is 0 Å². The van der Waals surface area contributed by atoms with Crippen LogP contribution in [0.3, 0.4) is 0 Å². The molecule has 18 heavy (non-hydrogen) atoms. The number of benzene rings is 1. The van der Waals surface area contributed by atoms with Gasteiger partial charge in [0.25, 0.3) is 0 Å². The fourth-order valence-corrected chi connectivity index (χ4v) is 2.03. The molecule has 1 heterocycles. The summed E-state index contributed by atoms with van der Waals surface area (Å²) in [5.74, 6) is -0.737. The Kier molecular flexibility index (Phi) is 3.77. The Bertz CT molecular complexity index is 562. The predicted octanol–water partition coefficient (Wildman–Crippen LogP) is 3.14. The van der Waals surface area contributed by atoms with Crippen molar-refractivity contribution < 1.29 is 13.6 Å². The smallest absolute Gasteiger partial charge is 0.182 e. The molecule has 1 unspecified atom stereocenters. The maximum atomic E-state index is 13.9. The number of carbonyl (C=O) groups is 1. The second-order valence-corrected chi connectivity index (χ2v) is 4.17. The fourth-order valence-electron chi connectivity index (χ4n) is 2.03. The van der Waals surface area contributed by atoms with E-state index in [0.717, 1.165) is 5.39 Å². The summed E-state index contributed by atoms with van der Waals surface area (Å²) in [6, 6.07) is 4.20. The number of likely N-dealkylation sites (N-methyl/N-ethyl adjacent to an activating group) is 1. The molecular weight excluding hydrogens is 233 g/mol. The van der Waals surface area contributed by atoms with Gasteiger partial charge in [-0.05, 0) is 25.1 Å². The highest BCUT2D eigenvalue weighted by molar-refractivity contribution is 6.02. The molecule has 2 aromatic rings. The fraction of sp³-hybridized carbons (Fsp3) is 0.357. The quantitative estimate of drug-likeness (QED) is 0.828. The van der Waals surface area contributed by atoms with E-state index in [2.05, 4.69) is 5.32 Å². The minimum absolute atomic E-state index is 0.122. The van der Waals surface area contributed by atoms with Crippen molar-refractivity contribution in [1.82, 2.24) is 5.32 Å². The first-order chi connectivity index (χ1) is 8.67. The zero-order valence-corrected chi connectivity index (χ0v) is 10.5. The molecule has 1 atom stereocenters. The average Bonchev–Trinajstić information content (AvgIpc) is 2.81. The summed E-state index contributed by atoms with van der Waals surface area (Å²) in [7, 11) is 0. The largest absolute Gasteiger partial charge is 0.464 e.